The molecule has 0 aromatic carbocycles. The molecule has 0 saturated heterocycles. The number of nitrogens with zero attached hydrogens (tertiary/aromatic N) is 2. The van der Waals surface area contributed by atoms with E-state index in [1.165, 1.54) is 10.8 Å². The van der Waals surface area contributed by atoms with Crippen molar-refractivity contribution in [2.24, 2.45) is 0 Å². The van der Waals surface area contributed by atoms with E-state index in [-0.39, 0.29) is 0 Å². The van der Waals surface area contributed by atoms with Gasteiger partial charge in [-0.1, -0.05) is 69.6 Å². The van der Waals surface area contributed by atoms with Gasteiger partial charge in [-0.25, -0.2) is 4.68 Å². The molecule has 9 heteroatoms. The number of ketones is 1. The number of allylic oxidation sites excluding steroid dienone is 2. The third kappa shape index (κ3) is 3.52. The zero-order valence-electron chi connectivity index (χ0n) is 9.14. The summed E-state index contributed by atoms with van der Waals surface area (Å²) in [5.74, 6) is -0.633. The van der Waals surface area contributed by atoms with Crippen molar-refractivity contribution >= 4 is 81.1 Å². The third-order valence-corrected chi connectivity index (χ3v) is 3.70. The van der Waals surface area contributed by atoms with Crippen LogP contribution in [0.2, 0.25) is 0 Å². The molecule has 1 aromatic rings. The van der Waals surface area contributed by atoms with Gasteiger partial charge in [-0.2, -0.15) is 5.10 Å². The third-order valence-electron chi connectivity index (χ3n) is 2.56. The fraction of sp³-hybridized carbons (Fsp3) is 0.400. The van der Waals surface area contributed by atoms with E-state index in [2.05, 4.69) is 5.10 Å². The summed E-state index contributed by atoms with van der Waals surface area (Å²) < 4.78 is -2.06. The maximum absolute atomic E-state index is 11.6. The molecule has 0 saturated carbocycles. The number of fused-ring (bicyclic) bond motifs is 1. The number of rotatable bonds is 1. The fourth-order valence-electron chi connectivity index (χ4n) is 1.71. The lowest BCUT2D eigenvalue weighted by Crippen LogP contribution is -2.17. The summed E-state index contributed by atoms with van der Waals surface area (Å²) in [7, 11) is 0. The molecule has 0 unspecified atom stereocenters. The van der Waals surface area contributed by atoms with Crippen LogP contribution in [0.1, 0.15) is 17.8 Å². The summed E-state index contributed by atoms with van der Waals surface area (Å²) in [6.07, 6.45) is 2.53. The minimum Gasteiger partial charge on any atom is -0.290 e. The number of alkyl halides is 6. The van der Waals surface area contributed by atoms with Gasteiger partial charge in [-0.3, -0.25) is 4.79 Å². The van der Waals surface area contributed by atoms with Crippen molar-refractivity contribution in [3.8, 4) is 0 Å². The Bertz CT molecular complexity index is 551. The van der Waals surface area contributed by atoms with E-state index >= 15 is 0 Å². The molecule has 0 atom stereocenters. The molecule has 0 N–H and O–H groups in total. The molecule has 0 spiro atoms. The van der Waals surface area contributed by atoms with Crippen LogP contribution < -0.4 is 0 Å². The molecule has 104 valence electrons. The highest BCUT2D eigenvalue weighted by Crippen LogP contribution is 2.39. The van der Waals surface area contributed by atoms with Crippen molar-refractivity contribution in [1.82, 2.24) is 9.78 Å². The number of hydrogen-bond donors (Lipinski definition) is 0. The van der Waals surface area contributed by atoms with Crippen molar-refractivity contribution in [1.29, 1.82) is 0 Å². The standard InChI is InChI=1S/C10H6Cl6N2O/c11-9(12,13)7-3-5-1-2-6(18(5)17-7)4-8(19)10(14,15)16/h3-4H,1-2H2/b6-4+. The van der Waals surface area contributed by atoms with Gasteiger partial charge in [-0.05, 0) is 18.9 Å². The molecular formula is C10H6Cl6N2O. The van der Waals surface area contributed by atoms with E-state index in [4.69, 9.17) is 69.6 Å². The van der Waals surface area contributed by atoms with E-state index in [0.29, 0.717) is 24.2 Å². The van der Waals surface area contributed by atoms with E-state index < -0.39 is 13.4 Å². The Kier molecular flexibility index (Phi) is 4.38. The summed E-state index contributed by atoms with van der Waals surface area (Å²) in [6.45, 7) is 0. The topological polar surface area (TPSA) is 34.9 Å². The Morgan fingerprint density at radius 1 is 1.21 bits per heavy atom. The Hall–Kier alpha value is 0.360. The van der Waals surface area contributed by atoms with Crippen LogP contribution in [-0.2, 0) is 15.0 Å². The number of carbonyl (C=O) groups is 1. The van der Waals surface area contributed by atoms with Crippen LogP contribution in [0.15, 0.2) is 12.1 Å². The van der Waals surface area contributed by atoms with Gasteiger partial charge in [0.2, 0.25) is 9.58 Å². The highest BCUT2D eigenvalue weighted by Gasteiger charge is 2.32. The molecule has 2 heterocycles. The predicted octanol–water partition coefficient (Wildman–Crippen LogP) is 4.44. The smallest absolute Gasteiger partial charge is 0.252 e. The Morgan fingerprint density at radius 3 is 2.37 bits per heavy atom. The molecule has 3 nitrogen and oxygen atoms in total. The summed E-state index contributed by atoms with van der Waals surface area (Å²) >= 11 is 33.8. The van der Waals surface area contributed by atoms with E-state index in [1.54, 1.807) is 6.07 Å². The van der Waals surface area contributed by atoms with E-state index in [1.807, 2.05) is 0 Å². The molecule has 1 aromatic heterocycles. The first-order valence-corrected chi connectivity index (χ1v) is 7.34. The molecule has 0 bridgehead atoms. The van der Waals surface area contributed by atoms with Crippen LogP contribution in [0.3, 0.4) is 0 Å². The average Bonchev–Trinajstić information content (AvgIpc) is 2.77. The molecule has 1 aliphatic heterocycles. The predicted molar refractivity (Wildman–Crippen MR) is 79.4 cm³/mol. The monoisotopic (exact) mass is 380 g/mol. The zero-order valence-corrected chi connectivity index (χ0v) is 13.7. The maximum atomic E-state index is 11.6. The first kappa shape index (κ1) is 15.7. The van der Waals surface area contributed by atoms with Crippen molar-refractivity contribution in [2.45, 2.75) is 20.4 Å². The molecule has 2 rings (SSSR count). The van der Waals surface area contributed by atoms with Crippen molar-refractivity contribution in [3.63, 3.8) is 0 Å². The minimum atomic E-state index is -1.99. The number of aryl methyl sites for hydroxylation is 1. The minimum absolute atomic E-state index is 0.291. The van der Waals surface area contributed by atoms with Gasteiger partial charge in [0.25, 0.3) is 3.79 Å². The van der Waals surface area contributed by atoms with Gasteiger partial charge >= 0.3 is 0 Å². The highest BCUT2D eigenvalue weighted by atomic mass is 35.6. The number of halogens is 6. The van der Waals surface area contributed by atoms with Gasteiger partial charge in [0, 0.05) is 17.5 Å². The van der Waals surface area contributed by atoms with Crippen LogP contribution >= 0.6 is 69.6 Å². The first-order chi connectivity index (χ1) is 8.59. The Balaban J connectivity index is 2.35. The van der Waals surface area contributed by atoms with Crippen LogP contribution in [-0.4, -0.2) is 19.4 Å². The van der Waals surface area contributed by atoms with Gasteiger partial charge < -0.3 is 0 Å². The van der Waals surface area contributed by atoms with Crippen molar-refractivity contribution in [3.05, 3.63) is 23.5 Å². The lowest BCUT2D eigenvalue weighted by atomic mass is 10.2. The van der Waals surface area contributed by atoms with Crippen LogP contribution in [0.5, 0.6) is 0 Å². The molecule has 0 fully saturated rings. The maximum Gasteiger partial charge on any atom is 0.252 e. The molecule has 0 radical (unpaired) electrons. The van der Waals surface area contributed by atoms with E-state index in [0.717, 1.165) is 5.69 Å². The summed E-state index contributed by atoms with van der Waals surface area (Å²) in [5.41, 5.74) is 1.73. The Labute approximate surface area is 139 Å². The Morgan fingerprint density at radius 2 is 1.84 bits per heavy atom. The number of aromatic nitrogens is 2. The SMILES string of the molecule is O=C(/C=C1\CCc2cc(C(Cl)(Cl)Cl)nn21)C(Cl)(Cl)Cl. The van der Waals surface area contributed by atoms with Gasteiger partial charge in [0.1, 0.15) is 5.69 Å². The molecule has 1 aliphatic rings. The lowest BCUT2D eigenvalue weighted by Gasteiger charge is -2.08. The second-order valence-electron chi connectivity index (χ2n) is 3.93. The average molecular weight is 383 g/mol. The normalized spacial score (nSPS) is 17.9. The molecule has 19 heavy (non-hydrogen) atoms. The van der Waals surface area contributed by atoms with Crippen molar-refractivity contribution in [2.75, 3.05) is 0 Å². The zero-order chi connectivity index (χ0) is 14.4. The molecular weight excluding hydrogens is 377 g/mol. The second-order valence-corrected chi connectivity index (χ2v) is 8.49. The quantitative estimate of drug-likeness (QED) is 0.531. The largest absolute Gasteiger partial charge is 0.290 e. The number of carbonyl (C=O) groups excluding carboxylic acids is 1. The van der Waals surface area contributed by atoms with Gasteiger partial charge in [0.05, 0.1) is 0 Å². The van der Waals surface area contributed by atoms with Crippen molar-refractivity contribution < 1.29 is 4.79 Å². The first-order valence-electron chi connectivity index (χ1n) is 5.07. The fourth-order valence-corrected chi connectivity index (χ4v) is 2.15. The summed E-state index contributed by atoms with van der Waals surface area (Å²) in [5, 5.41) is 4.15. The van der Waals surface area contributed by atoms with Gasteiger partial charge in [-0.15, -0.1) is 0 Å². The lowest BCUT2D eigenvalue weighted by molar-refractivity contribution is -0.113. The second kappa shape index (κ2) is 5.28. The summed E-state index contributed by atoms with van der Waals surface area (Å²) in [6, 6.07) is 1.67. The van der Waals surface area contributed by atoms with Gasteiger partial charge in [0.15, 0.2) is 0 Å². The van der Waals surface area contributed by atoms with E-state index in [9.17, 15) is 4.79 Å². The highest BCUT2D eigenvalue weighted by molar-refractivity contribution is 6.77. The van der Waals surface area contributed by atoms with Crippen LogP contribution in [0, 0.1) is 0 Å². The number of hydrogen-bond acceptors (Lipinski definition) is 2. The van der Waals surface area contributed by atoms with Crippen LogP contribution in [0.4, 0.5) is 0 Å². The molecule has 0 aliphatic carbocycles. The molecule has 0 amide bonds. The summed E-state index contributed by atoms with van der Waals surface area (Å²) in [4.78, 5) is 11.6. The van der Waals surface area contributed by atoms with Crippen LogP contribution in [0.25, 0.3) is 5.70 Å².